The molecule has 2 aliphatic heterocycles. The molecule has 0 spiro atoms. The fraction of sp³-hybridized carbons (Fsp3) is 0.343. The Morgan fingerprint density at radius 1 is 0.930 bits per heavy atom. The first kappa shape index (κ1) is 28.1. The number of hydrogen-bond acceptors (Lipinski definition) is 6. The molecule has 3 heterocycles. The SMILES string of the molecule is O=C(Oc1cccs1)N(CC1C2CN(CC(c3ccccc3)c3ccccc3)CC21)c1ccc(N2CCOCC2)c(F)c1. The Labute approximate surface area is 256 Å². The second kappa shape index (κ2) is 12.5. The second-order valence-electron chi connectivity index (χ2n) is 11.7. The minimum Gasteiger partial charge on any atom is -0.399 e. The first-order chi connectivity index (χ1) is 21.1. The number of rotatable bonds is 9. The van der Waals surface area contributed by atoms with E-state index in [4.69, 9.17) is 9.47 Å². The van der Waals surface area contributed by atoms with Crippen molar-refractivity contribution in [2.45, 2.75) is 5.92 Å². The number of morpholine rings is 1. The Morgan fingerprint density at radius 2 is 1.60 bits per heavy atom. The van der Waals surface area contributed by atoms with Gasteiger partial charge in [-0.1, -0.05) is 60.7 Å². The summed E-state index contributed by atoms with van der Waals surface area (Å²) in [6.07, 6.45) is -0.462. The maximum absolute atomic E-state index is 15.4. The van der Waals surface area contributed by atoms with Gasteiger partial charge in [0, 0.05) is 45.2 Å². The molecule has 222 valence electrons. The van der Waals surface area contributed by atoms with E-state index in [9.17, 15) is 4.79 Å². The lowest BCUT2D eigenvalue weighted by Gasteiger charge is -2.30. The highest BCUT2D eigenvalue weighted by Gasteiger charge is 2.56. The summed E-state index contributed by atoms with van der Waals surface area (Å²) in [5.74, 6) is 1.37. The average molecular weight is 598 g/mol. The molecule has 7 rings (SSSR count). The zero-order chi connectivity index (χ0) is 29.2. The van der Waals surface area contributed by atoms with Crippen LogP contribution in [0, 0.1) is 23.6 Å². The molecule has 0 radical (unpaired) electrons. The van der Waals surface area contributed by atoms with Crippen molar-refractivity contribution in [2.75, 3.05) is 62.3 Å². The van der Waals surface area contributed by atoms with Crippen LogP contribution in [0.5, 0.6) is 5.06 Å². The standard InChI is InChI=1S/C35H36FN3O3S/c36-32-20-27(13-14-33(32)38-15-17-41-18-16-38)39(35(40)42-34-12-7-19-43-34)24-31-29-22-37(23-30(29)31)21-28(25-8-3-1-4-9-25)26-10-5-2-6-11-26/h1-14,19-20,28-31H,15-18,21-24H2. The summed E-state index contributed by atoms with van der Waals surface area (Å²) in [5.41, 5.74) is 3.74. The summed E-state index contributed by atoms with van der Waals surface area (Å²) in [6.45, 7) is 5.96. The van der Waals surface area contributed by atoms with E-state index in [0.29, 0.717) is 73.0 Å². The van der Waals surface area contributed by atoms with Crippen LogP contribution < -0.4 is 14.5 Å². The van der Waals surface area contributed by atoms with Gasteiger partial charge >= 0.3 is 6.09 Å². The number of halogens is 1. The summed E-state index contributed by atoms with van der Waals surface area (Å²) in [7, 11) is 0. The number of likely N-dealkylation sites (tertiary alicyclic amines) is 1. The van der Waals surface area contributed by atoms with E-state index >= 15 is 4.39 Å². The van der Waals surface area contributed by atoms with E-state index in [2.05, 4.69) is 65.6 Å². The van der Waals surface area contributed by atoms with Crippen molar-refractivity contribution >= 4 is 28.8 Å². The lowest BCUT2D eigenvalue weighted by atomic mass is 9.91. The van der Waals surface area contributed by atoms with Gasteiger partial charge in [-0.25, -0.2) is 9.18 Å². The number of ether oxygens (including phenoxy) is 2. The highest BCUT2D eigenvalue weighted by molar-refractivity contribution is 7.11. The minimum atomic E-state index is -0.462. The molecule has 0 N–H and O–H groups in total. The normalized spacial score (nSPS) is 21.5. The van der Waals surface area contributed by atoms with Crippen molar-refractivity contribution in [2.24, 2.45) is 17.8 Å². The Hall–Kier alpha value is -3.72. The molecular formula is C35H36FN3O3S. The topological polar surface area (TPSA) is 45.2 Å². The van der Waals surface area contributed by atoms with E-state index in [-0.39, 0.29) is 5.82 Å². The van der Waals surface area contributed by atoms with Gasteiger partial charge in [-0.3, -0.25) is 4.90 Å². The fourth-order valence-corrected chi connectivity index (χ4v) is 7.44. The number of nitrogens with zero attached hydrogens (tertiary/aromatic N) is 3. The molecule has 2 atom stereocenters. The number of carbonyl (C=O) groups is 1. The largest absolute Gasteiger partial charge is 0.420 e. The Bertz CT molecular complexity index is 1460. The molecule has 1 aromatic heterocycles. The van der Waals surface area contributed by atoms with Gasteiger partial charge in [0.25, 0.3) is 0 Å². The molecule has 0 bridgehead atoms. The fourth-order valence-electron chi connectivity index (χ4n) is 6.87. The first-order valence-electron chi connectivity index (χ1n) is 15.1. The molecule has 6 nitrogen and oxygen atoms in total. The minimum absolute atomic E-state index is 0.309. The molecule has 8 heteroatoms. The Morgan fingerprint density at radius 3 is 2.21 bits per heavy atom. The van der Waals surface area contributed by atoms with E-state index < -0.39 is 6.09 Å². The van der Waals surface area contributed by atoms with Crippen LogP contribution in [0.4, 0.5) is 20.6 Å². The highest BCUT2D eigenvalue weighted by atomic mass is 32.1. The first-order valence-corrected chi connectivity index (χ1v) is 16.0. The van der Waals surface area contributed by atoms with Gasteiger partial charge < -0.3 is 19.3 Å². The van der Waals surface area contributed by atoms with Crippen LogP contribution in [-0.4, -0.2) is 63.5 Å². The van der Waals surface area contributed by atoms with Gasteiger partial charge in [0.05, 0.1) is 24.6 Å². The maximum Gasteiger partial charge on any atom is 0.420 e. The van der Waals surface area contributed by atoms with Crippen molar-refractivity contribution in [1.29, 1.82) is 0 Å². The second-order valence-corrected chi connectivity index (χ2v) is 12.6. The van der Waals surface area contributed by atoms with Crippen molar-refractivity contribution in [3.05, 3.63) is 113 Å². The van der Waals surface area contributed by atoms with E-state index in [1.54, 1.807) is 17.0 Å². The maximum atomic E-state index is 15.4. The van der Waals surface area contributed by atoms with E-state index in [1.165, 1.54) is 28.5 Å². The number of amides is 1. The number of carbonyl (C=O) groups excluding carboxylic acids is 1. The predicted molar refractivity (Wildman–Crippen MR) is 169 cm³/mol. The van der Waals surface area contributed by atoms with Crippen LogP contribution in [0.25, 0.3) is 0 Å². The predicted octanol–water partition coefficient (Wildman–Crippen LogP) is 6.74. The van der Waals surface area contributed by atoms with Gasteiger partial charge in [-0.05, 0) is 64.6 Å². The van der Waals surface area contributed by atoms with E-state index in [1.807, 2.05) is 22.4 Å². The summed E-state index contributed by atoms with van der Waals surface area (Å²) in [4.78, 5) is 19.7. The number of fused-ring (bicyclic) bond motifs is 1. The monoisotopic (exact) mass is 597 g/mol. The van der Waals surface area contributed by atoms with E-state index in [0.717, 1.165) is 19.6 Å². The highest BCUT2D eigenvalue weighted by Crippen LogP contribution is 2.53. The molecule has 1 saturated carbocycles. The number of piperidine rings is 1. The molecule has 2 saturated heterocycles. The third kappa shape index (κ3) is 6.18. The summed E-state index contributed by atoms with van der Waals surface area (Å²) in [6, 6.07) is 30.2. The third-order valence-corrected chi connectivity index (χ3v) is 9.93. The van der Waals surface area contributed by atoms with Gasteiger partial charge in [-0.15, -0.1) is 11.3 Å². The summed E-state index contributed by atoms with van der Waals surface area (Å²) >= 11 is 1.37. The molecule has 1 amide bonds. The van der Waals surface area contributed by atoms with Crippen LogP contribution in [0.1, 0.15) is 17.0 Å². The number of thiophene rings is 1. The average Bonchev–Trinajstić information content (AvgIpc) is 3.38. The van der Waals surface area contributed by atoms with Gasteiger partial charge in [0.1, 0.15) is 5.82 Å². The molecule has 3 aliphatic rings. The van der Waals surface area contributed by atoms with Crippen LogP contribution in [-0.2, 0) is 4.74 Å². The van der Waals surface area contributed by atoms with Crippen molar-refractivity contribution in [3.8, 4) is 5.06 Å². The lowest BCUT2D eigenvalue weighted by molar-refractivity contribution is 0.122. The third-order valence-electron chi connectivity index (χ3n) is 9.18. The van der Waals surface area contributed by atoms with Gasteiger partial charge in [-0.2, -0.15) is 0 Å². The summed E-state index contributed by atoms with van der Waals surface area (Å²) < 4.78 is 26.6. The van der Waals surface area contributed by atoms with Gasteiger partial charge in [0.2, 0.25) is 0 Å². The molecule has 1 aliphatic carbocycles. The lowest BCUT2D eigenvalue weighted by Crippen LogP contribution is -2.38. The molecular weight excluding hydrogens is 561 g/mol. The van der Waals surface area contributed by atoms with Gasteiger partial charge in [0.15, 0.2) is 5.06 Å². The molecule has 3 aromatic carbocycles. The zero-order valence-corrected chi connectivity index (χ0v) is 24.9. The van der Waals surface area contributed by atoms with Crippen LogP contribution in [0.3, 0.4) is 0 Å². The molecule has 3 fully saturated rings. The number of benzene rings is 3. The quantitative estimate of drug-likeness (QED) is 0.214. The van der Waals surface area contributed by atoms with Crippen molar-refractivity contribution < 1.29 is 18.7 Å². The smallest absolute Gasteiger partial charge is 0.399 e. The van der Waals surface area contributed by atoms with Crippen LogP contribution in [0.15, 0.2) is 96.4 Å². The molecule has 4 aromatic rings. The molecule has 2 unspecified atom stereocenters. The van der Waals surface area contributed by atoms with Crippen LogP contribution >= 0.6 is 11.3 Å². The van der Waals surface area contributed by atoms with Crippen LogP contribution in [0.2, 0.25) is 0 Å². The molecule has 43 heavy (non-hydrogen) atoms. The summed E-state index contributed by atoms with van der Waals surface area (Å²) in [5, 5.41) is 2.41. The Kier molecular flexibility index (Phi) is 8.15. The number of anilines is 2. The van der Waals surface area contributed by atoms with Crippen molar-refractivity contribution in [3.63, 3.8) is 0 Å². The zero-order valence-electron chi connectivity index (χ0n) is 24.1. The number of hydrogen-bond donors (Lipinski definition) is 0. The Balaban J connectivity index is 1.05. The van der Waals surface area contributed by atoms with Crippen molar-refractivity contribution in [1.82, 2.24) is 4.90 Å².